The van der Waals surface area contributed by atoms with Crippen LogP contribution >= 0.6 is 11.6 Å². The fourth-order valence-electron chi connectivity index (χ4n) is 2.16. The highest BCUT2D eigenvalue weighted by Gasteiger charge is 2.21. The molecule has 0 aliphatic rings. The van der Waals surface area contributed by atoms with Crippen LogP contribution in [0.5, 0.6) is 0 Å². The number of hydrogen-bond donors (Lipinski definition) is 2. The van der Waals surface area contributed by atoms with E-state index in [4.69, 9.17) is 11.6 Å². The first-order chi connectivity index (χ1) is 10.2. The normalized spacial score (nSPS) is 14.7. The maximum atomic E-state index is 12.0. The van der Waals surface area contributed by atoms with Crippen molar-refractivity contribution >= 4 is 38.4 Å². The summed E-state index contributed by atoms with van der Waals surface area (Å²) in [5.74, 6) is -0.522. The number of amides is 1. The van der Waals surface area contributed by atoms with Crippen molar-refractivity contribution < 1.29 is 13.2 Å². The number of aromatic nitrogens is 2. The van der Waals surface area contributed by atoms with Crippen LogP contribution in [0.1, 0.15) is 25.7 Å². The molecule has 0 saturated heterocycles. The van der Waals surface area contributed by atoms with E-state index in [9.17, 15) is 13.2 Å². The molecule has 120 valence electrons. The van der Waals surface area contributed by atoms with Crippen molar-refractivity contribution in [2.24, 2.45) is 5.92 Å². The first-order valence-corrected chi connectivity index (χ1v) is 9.23. The third-order valence-electron chi connectivity index (χ3n) is 3.23. The molecule has 0 radical (unpaired) electrons. The van der Waals surface area contributed by atoms with Crippen LogP contribution in [0, 0.1) is 5.92 Å². The number of nitrogens with zero attached hydrogens (tertiary/aromatic N) is 1. The summed E-state index contributed by atoms with van der Waals surface area (Å²) in [6, 6.07) is 4.93. The SMILES string of the molecule is CC(CS(C)(=O)=O)C(=O)NC(C)c1nc2ccc(Cl)cc2[nH]1. The summed E-state index contributed by atoms with van der Waals surface area (Å²) in [5, 5.41) is 3.36. The number of imidazole rings is 1. The molecule has 1 aromatic carbocycles. The Morgan fingerprint density at radius 1 is 1.41 bits per heavy atom. The number of benzene rings is 1. The van der Waals surface area contributed by atoms with Crippen LogP contribution in [-0.4, -0.2) is 36.3 Å². The maximum absolute atomic E-state index is 12.0. The van der Waals surface area contributed by atoms with Crippen LogP contribution in [-0.2, 0) is 14.6 Å². The average Bonchev–Trinajstić information content (AvgIpc) is 2.79. The molecule has 2 atom stereocenters. The second-order valence-corrected chi connectivity index (χ2v) is 8.13. The fourth-order valence-corrected chi connectivity index (χ4v) is 3.39. The zero-order valence-electron chi connectivity index (χ0n) is 12.6. The number of fused-ring (bicyclic) bond motifs is 1. The number of hydrogen-bond acceptors (Lipinski definition) is 4. The van der Waals surface area contributed by atoms with Gasteiger partial charge in [-0.25, -0.2) is 13.4 Å². The molecule has 0 bridgehead atoms. The van der Waals surface area contributed by atoms with Gasteiger partial charge in [0.15, 0.2) is 0 Å². The van der Waals surface area contributed by atoms with Crippen LogP contribution in [0.4, 0.5) is 0 Å². The topological polar surface area (TPSA) is 91.9 Å². The lowest BCUT2D eigenvalue weighted by Crippen LogP contribution is -2.35. The number of H-pyrrole nitrogens is 1. The quantitative estimate of drug-likeness (QED) is 0.869. The second kappa shape index (κ2) is 6.26. The highest BCUT2D eigenvalue weighted by atomic mass is 35.5. The number of sulfone groups is 1. The van der Waals surface area contributed by atoms with Gasteiger partial charge < -0.3 is 10.3 Å². The smallest absolute Gasteiger partial charge is 0.224 e. The van der Waals surface area contributed by atoms with E-state index in [0.29, 0.717) is 10.8 Å². The van der Waals surface area contributed by atoms with Crippen molar-refractivity contribution in [3.8, 4) is 0 Å². The molecule has 1 amide bonds. The van der Waals surface area contributed by atoms with E-state index in [-0.39, 0.29) is 17.7 Å². The van der Waals surface area contributed by atoms with Crippen LogP contribution in [0.2, 0.25) is 5.02 Å². The summed E-state index contributed by atoms with van der Waals surface area (Å²) in [5.41, 5.74) is 1.54. The molecule has 0 aliphatic heterocycles. The van der Waals surface area contributed by atoms with Crippen molar-refractivity contribution in [3.63, 3.8) is 0 Å². The van der Waals surface area contributed by atoms with E-state index >= 15 is 0 Å². The molecular weight excluding hydrogens is 326 g/mol. The Balaban J connectivity index is 2.10. The molecule has 22 heavy (non-hydrogen) atoms. The zero-order valence-corrected chi connectivity index (χ0v) is 14.1. The Morgan fingerprint density at radius 2 is 2.09 bits per heavy atom. The molecular formula is C14H18ClN3O3S. The van der Waals surface area contributed by atoms with Gasteiger partial charge in [0.25, 0.3) is 0 Å². The minimum absolute atomic E-state index is 0.179. The number of aromatic amines is 1. The summed E-state index contributed by atoms with van der Waals surface area (Å²) >= 11 is 5.92. The van der Waals surface area contributed by atoms with E-state index < -0.39 is 15.8 Å². The molecule has 6 nitrogen and oxygen atoms in total. The number of nitrogens with one attached hydrogen (secondary N) is 2. The predicted molar refractivity (Wildman–Crippen MR) is 86.5 cm³/mol. The Kier molecular flexibility index (Phi) is 4.77. The molecule has 0 saturated carbocycles. The number of carbonyl (C=O) groups is 1. The van der Waals surface area contributed by atoms with Gasteiger partial charge in [-0.15, -0.1) is 0 Å². The summed E-state index contributed by atoms with van der Waals surface area (Å²) in [6.45, 7) is 3.37. The Bertz CT molecular complexity index is 801. The highest BCUT2D eigenvalue weighted by molar-refractivity contribution is 7.90. The summed E-state index contributed by atoms with van der Waals surface area (Å²) < 4.78 is 22.5. The molecule has 2 N–H and O–H groups in total. The molecule has 1 aromatic heterocycles. The van der Waals surface area contributed by atoms with E-state index in [0.717, 1.165) is 17.3 Å². The Labute approximate surface area is 134 Å². The molecule has 0 fully saturated rings. The Hall–Kier alpha value is -1.60. The van der Waals surface area contributed by atoms with Crippen molar-refractivity contribution in [1.29, 1.82) is 0 Å². The van der Waals surface area contributed by atoms with Crippen molar-refractivity contribution in [3.05, 3.63) is 29.0 Å². The molecule has 1 heterocycles. The molecule has 0 spiro atoms. The largest absolute Gasteiger partial charge is 0.346 e. The lowest BCUT2D eigenvalue weighted by molar-refractivity contribution is -0.124. The summed E-state index contributed by atoms with van der Waals surface area (Å²) in [4.78, 5) is 19.5. The number of carbonyl (C=O) groups excluding carboxylic acids is 1. The first kappa shape index (κ1) is 16.8. The lowest BCUT2D eigenvalue weighted by Gasteiger charge is -2.15. The fraction of sp³-hybridized carbons (Fsp3) is 0.429. The second-order valence-electron chi connectivity index (χ2n) is 5.51. The maximum Gasteiger partial charge on any atom is 0.224 e. The minimum atomic E-state index is -3.19. The number of halogens is 1. The lowest BCUT2D eigenvalue weighted by atomic mass is 10.2. The van der Waals surface area contributed by atoms with Crippen molar-refractivity contribution in [1.82, 2.24) is 15.3 Å². The highest BCUT2D eigenvalue weighted by Crippen LogP contribution is 2.20. The van der Waals surface area contributed by atoms with Crippen molar-refractivity contribution in [2.75, 3.05) is 12.0 Å². The standard InChI is InChI=1S/C14H18ClN3O3S/c1-8(7-22(3,20)21)14(19)16-9(2)13-17-11-5-4-10(15)6-12(11)18-13/h4-6,8-9H,7H2,1-3H3,(H,16,19)(H,17,18). The van der Waals surface area contributed by atoms with Gasteiger partial charge in [-0.2, -0.15) is 0 Å². The van der Waals surface area contributed by atoms with E-state index in [1.54, 1.807) is 32.0 Å². The van der Waals surface area contributed by atoms with Gasteiger partial charge in [0.05, 0.1) is 22.8 Å². The van der Waals surface area contributed by atoms with Gasteiger partial charge in [0.1, 0.15) is 15.7 Å². The van der Waals surface area contributed by atoms with Crippen molar-refractivity contribution in [2.45, 2.75) is 19.9 Å². The van der Waals surface area contributed by atoms with Gasteiger partial charge in [-0.1, -0.05) is 18.5 Å². The van der Waals surface area contributed by atoms with Gasteiger partial charge in [0, 0.05) is 17.2 Å². The van der Waals surface area contributed by atoms with Crippen LogP contribution in [0.3, 0.4) is 0 Å². The molecule has 2 rings (SSSR count). The third-order valence-corrected chi connectivity index (χ3v) is 4.57. The number of rotatable bonds is 5. The van der Waals surface area contributed by atoms with Crippen LogP contribution in [0.25, 0.3) is 11.0 Å². The van der Waals surface area contributed by atoms with E-state index in [1.165, 1.54) is 0 Å². The van der Waals surface area contributed by atoms with E-state index in [2.05, 4.69) is 15.3 Å². The molecule has 2 aromatic rings. The summed E-state index contributed by atoms with van der Waals surface area (Å²) in [7, 11) is -3.19. The first-order valence-electron chi connectivity index (χ1n) is 6.79. The molecule has 0 aliphatic carbocycles. The summed E-state index contributed by atoms with van der Waals surface area (Å²) in [6.07, 6.45) is 1.11. The zero-order chi connectivity index (χ0) is 16.5. The minimum Gasteiger partial charge on any atom is -0.346 e. The van der Waals surface area contributed by atoms with Gasteiger partial charge in [-0.3, -0.25) is 4.79 Å². The average molecular weight is 344 g/mol. The molecule has 2 unspecified atom stereocenters. The monoisotopic (exact) mass is 343 g/mol. The van der Waals surface area contributed by atoms with Gasteiger partial charge >= 0.3 is 0 Å². The Morgan fingerprint density at radius 3 is 2.73 bits per heavy atom. The van der Waals surface area contributed by atoms with Crippen LogP contribution in [0.15, 0.2) is 18.2 Å². The predicted octanol–water partition coefficient (Wildman–Crippen LogP) is 2.07. The van der Waals surface area contributed by atoms with Gasteiger partial charge in [0.2, 0.25) is 5.91 Å². The van der Waals surface area contributed by atoms with Gasteiger partial charge in [-0.05, 0) is 25.1 Å². The van der Waals surface area contributed by atoms with Crippen LogP contribution < -0.4 is 5.32 Å². The van der Waals surface area contributed by atoms with E-state index in [1.807, 2.05) is 0 Å². The third kappa shape index (κ3) is 4.20. The molecule has 8 heteroatoms.